The molecule has 10 heteroatoms. The van der Waals surface area contributed by atoms with Gasteiger partial charge in [0.25, 0.3) is 0 Å². The molecule has 1 aromatic carbocycles. The number of fused-ring (bicyclic) bond motifs is 1. The van der Waals surface area contributed by atoms with E-state index < -0.39 is 0 Å². The number of benzene rings is 1. The number of rotatable bonds is 6. The second-order valence-electron chi connectivity index (χ2n) is 7.82. The third-order valence-corrected chi connectivity index (χ3v) is 7.28. The van der Waals surface area contributed by atoms with Crippen LogP contribution in [0.2, 0.25) is 0 Å². The van der Waals surface area contributed by atoms with E-state index in [0.717, 1.165) is 60.8 Å². The van der Waals surface area contributed by atoms with Gasteiger partial charge < -0.3 is 14.8 Å². The number of ether oxygens (including phenoxy) is 2. The highest BCUT2D eigenvalue weighted by molar-refractivity contribution is 7.15. The minimum absolute atomic E-state index is 0.0371. The molecule has 1 saturated heterocycles. The molecule has 166 valence electrons. The van der Waals surface area contributed by atoms with Gasteiger partial charge in [0.1, 0.15) is 44.5 Å². The Morgan fingerprint density at radius 1 is 1.09 bits per heavy atom. The smallest absolute Gasteiger partial charge is 0.146 e. The van der Waals surface area contributed by atoms with Crippen LogP contribution in [0.5, 0.6) is 5.75 Å². The largest absolute Gasteiger partial charge is 0.488 e. The number of nitrogens with zero attached hydrogens (tertiary/aromatic N) is 5. The number of hydrogen-bond acceptors (Lipinski definition) is 10. The van der Waals surface area contributed by atoms with Gasteiger partial charge in [-0.25, -0.2) is 15.0 Å². The zero-order valence-corrected chi connectivity index (χ0v) is 19.8. The summed E-state index contributed by atoms with van der Waals surface area (Å²) in [6.07, 6.45) is 5.31. The zero-order chi connectivity index (χ0) is 22.1. The summed E-state index contributed by atoms with van der Waals surface area (Å²) >= 11 is 3.24. The predicted octanol–water partition coefficient (Wildman–Crippen LogP) is 4.95. The van der Waals surface area contributed by atoms with E-state index in [9.17, 15) is 0 Å². The highest BCUT2D eigenvalue weighted by Crippen LogP contribution is 2.37. The lowest BCUT2D eigenvalue weighted by atomic mass is 10.1. The van der Waals surface area contributed by atoms with Crippen LogP contribution >= 0.6 is 22.7 Å². The molecule has 0 bridgehead atoms. The molecule has 0 aliphatic carbocycles. The zero-order valence-electron chi connectivity index (χ0n) is 18.2. The van der Waals surface area contributed by atoms with Gasteiger partial charge in [-0.15, -0.1) is 21.5 Å². The van der Waals surface area contributed by atoms with Crippen molar-refractivity contribution in [3.63, 3.8) is 0 Å². The SMILES string of the molecule is Cc1cnc(-c2cc(OC3CCOCC3)c3ncnc(NC(C)c4nnc(C)s4)c3c2)s1. The molecule has 0 radical (unpaired) electrons. The summed E-state index contributed by atoms with van der Waals surface area (Å²) in [4.78, 5) is 14.9. The van der Waals surface area contributed by atoms with E-state index in [0.29, 0.717) is 13.2 Å². The molecule has 1 aliphatic heterocycles. The van der Waals surface area contributed by atoms with Crippen molar-refractivity contribution in [3.8, 4) is 16.3 Å². The highest BCUT2D eigenvalue weighted by atomic mass is 32.1. The van der Waals surface area contributed by atoms with Crippen LogP contribution in [-0.4, -0.2) is 44.5 Å². The maximum Gasteiger partial charge on any atom is 0.146 e. The summed E-state index contributed by atoms with van der Waals surface area (Å²) < 4.78 is 11.9. The maximum absolute atomic E-state index is 6.44. The van der Waals surface area contributed by atoms with E-state index in [1.807, 2.05) is 19.2 Å². The summed E-state index contributed by atoms with van der Waals surface area (Å²) in [5.41, 5.74) is 1.78. The lowest BCUT2D eigenvalue weighted by Crippen LogP contribution is -2.26. The van der Waals surface area contributed by atoms with Crippen molar-refractivity contribution in [2.75, 3.05) is 18.5 Å². The molecule has 4 aromatic rings. The lowest BCUT2D eigenvalue weighted by Gasteiger charge is -2.24. The van der Waals surface area contributed by atoms with E-state index in [-0.39, 0.29) is 12.1 Å². The number of aromatic nitrogens is 5. The van der Waals surface area contributed by atoms with Crippen molar-refractivity contribution < 1.29 is 9.47 Å². The third kappa shape index (κ3) is 4.43. The first-order chi connectivity index (χ1) is 15.6. The Balaban J connectivity index is 1.57. The van der Waals surface area contributed by atoms with Crippen LogP contribution in [0.4, 0.5) is 5.82 Å². The van der Waals surface area contributed by atoms with Gasteiger partial charge in [0.15, 0.2) is 0 Å². The van der Waals surface area contributed by atoms with Crippen molar-refractivity contribution in [1.82, 2.24) is 25.1 Å². The van der Waals surface area contributed by atoms with Crippen LogP contribution < -0.4 is 10.1 Å². The quantitative estimate of drug-likeness (QED) is 0.425. The molecule has 8 nitrogen and oxygen atoms in total. The van der Waals surface area contributed by atoms with Crippen molar-refractivity contribution >= 4 is 39.4 Å². The molecule has 0 saturated carbocycles. The third-order valence-electron chi connectivity index (χ3n) is 5.30. The first kappa shape index (κ1) is 21.2. The number of thiazole rings is 1. The summed E-state index contributed by atoms with van der Waals surface area (Å²) in [7, 11) is 0. The summed E-state index contributed by atoms with van der Waals surface area (Å²) in [6, 6.07) is 4.10. The van der Waals surface area contributed by atoms with Crippen molar-refractivity contribution in [2.45, 2.75) is 45.8 Å². The van der Waals surface area contributed by atoms with Gasteiger partial charge in [-0.3, -0.25) is 0 Å². The second-order valence-corrected chi connectivity index (χ2v) is 10.3. The predicted molar refractivity (Wildman–Crippen MR) is 127 cm³/mol. The molecule has 3 aromatic heterocycles. The van der Waals surface area contributed by atoms with Crippen molar-refractivity contribution in [1.29, 1.82) is 0 Å². The van der Waals surface area contributed by atoms with Crippen LogP contribution in [0.25, 0.3) is 21.5 Å². The van der Waals surface area contributed by atoms with Gasteiger partial charge in [-0.05, 0) is 32.9 Å². The summed E-state index contributed by atoms with van der Waals surface area (Å²) in [5.74, 6) is 1.49. The molecule has 1 aliphatic rings. The van der Waals surface area contributed by atoms with Crippen molar-refractivity contribution in [2.24, 2.45) is 0 Å². The van der Waals surface area contributed by atoms with Gasteiger partial charge in [0.2, 0.25) is 0 Å². The van der Waals surface area contributed by atoms with Crippen LogP contribution in [0.1, 0.15) is 40.7 Å². The fourth-order valence-electron chi connectivity index (χ4n) is 3.68. The Labute approximate surface area is 194 Å². The highest BCUT2D eigenvalue weighted by Gasteiger charge is 2.21. The molecule has 0 spiro atoms. The first-order valence-electron chi connectivity index (χ1n) is 10.6. The van der Waals surface area contributed by atoms with Gasteiger partial charge in [-0.1, -0.05) is 11.3 Å². The molecular weight excluding hydrogens is 444 g/mol. The Kier molecular flexibility index (Phi) is 5.99. The van der Waals surface area contributed by atoms with Crippen LogP contribution in [0.3, 0.4) is 0 Å². The van der Waals surface area contributed by atoms with E-state index in [1.54, 1.807) is 29.0 Å². The molecule has 1 atom stereocenters. The molecule has 4 heterocycles. The van der Waals surface area contributed by atoms with Crippen LogP contribution in [0, 0.1) is 13.8 Å². The second kappa shape index (κ2) is 9.05. The van der Waals surface area contributed by atoms with E-state index >= 15 is 0 Å². The average molecular weight is 469 g/mol. The summed E-state index contributed by atoms with van der Waals surface area (Å²) in [6.45, 7) is 7.50. The molecule has 5 rings (SSSR count). The lowest BCUT2D eigenvalue weighted by molar-refractivity contribution is 0.0261. The Hall–Kier alpha value is -2.69. The normalized spacial score (nSPS) is 15.7. The van der Waals surface area contributed by atoms with Gasteiger partial charge in [-0.2, -0.15) is 0 Å². The van der Waals surface area contributed by atoms with Gasteiger partial charge in [0, 0.05) is 34.9 Å². The molecule has 32 heavy (non-hydrogen) atoms. The molecule has 1 unspecified atom stereocenters. The minimum atomic E-state index is -0.0371. The first-order valence-corrected chi connectivity index (χ1v) is 12.2. The average Bonchev–Trinajstić information content (AvgIpc) is 3.43. The number of anilines is 1. The molecule has 1 fully saturated rings. The number of hydrogen-bond donors (Lipinski definition) is 1. The molecule has 0 amide bonds. The topological polar surface area (TPSA) is 94.9 Å². The maximum atomic E-state index is 6.44. The Morgan fingerprint density at radius 3 is 2.66 bits per heavy atom. The van der Waals surface area contributed by atoms with Crippen LogP contribution in [-0.2, 0) is 4.74 Å². The number of aryl methyl sites for hydroxylation is 2. The van der Waals surface area contributed by atoms with Crippen molar-refractivity contribution in [3.05, 3.63) is 39.5 Å². The van der Waals surface area contributed by atoms with Crippen LogP contribution in [0.15, 0.2) is 24.7 Å². The summed E-state index contributed by atoms with van der Waals surface area (Å²) in [5, 5.41) is 15.6. The Morgan fingerprint density at radius 2 is 1.94 bits per heavy atom. The van der Waals surface area contributed by atoms with Gasteiger partial charge >= 0.3 is 0 Å². The number of nitrogens with one attached hydrogen (secondary N) is 1. The monoisotopic (exact) mass is 468 g/mol. The minimum Gasteiger partial charge on any atom is -0.488 e. The standard InChI is InChI=1S/C22H24N6O2S2/c1-12-10-23-22(31-12)15-8-17-19(18(9-15)30-16-4-6-29-7-5-16)24-11-25-20(17)26-13(2)21-28-27-14(3)32-21/h8-11,13,16H,4-7H2,1-3H3,(H,24,25,26). The van der Waals surface area contributed by atoms with E-state index in [4.69, 9.17) is 9.47 Å². The van der Waals surface area contributed by atoms with E-state index in [1.165, 1.54) is 0 Å². The fraction of sp³-hybridized carbons (Fsp3) is 0.409. The van der Waals surface area contributed by atoms with Gasteiger partial charge in [0.05, 0.1) is 19.3 Å². The molecule has 1 N–H and O–H groups in total. The Bertz CT molecular complexity index is 1230. The van der Waals surface area contributed by atoms with E-state index in [2.05, 4.69) is 50.4 Å². The fourth-order valence-corrected chi connectivity index (χ4v) is 5.13. The molecular formula is C22H24N6O2S2.